The average molecular weight is 1230 g/mol. The maximum Gasteiger partial charge on any atom is 0.282 e. The molecule has 3 N–H and O–H groups in total. The summed E-state index contributed by atoms with van der Waals surface area (Å²) in [6.07, 6.45) is 12.7. The second kappa shape index (κ2) is 24.0. The van der Waals surface area contributed by atoms with Crippen LogP contribution in [0.5, 0.6) is 0 Å². The van der Waals surface area contributed by atoms with Gasteiger partial charge in [0.1, 0.15) is 11.6 Å². The topological polar surface area (TPSA) is 194 Å². The van der Waals surface area contributed by atoms with E-state index in [9.17, 15) is 38.9 Å². The molecule has 4 heterocycles. The fourth-order valence-corrected chi connectivity index (χ4v) is 12.3. The Hall–Kier alpha value is -4.55. The number of nitrogens with zero attached hydrogens (tertiary/aromatic N) is 8. The monoisotopic (exact) mass is 1230 g/mol. The first kappa shape index (κ1) is 58.6. The average Bonchev–Trinajstić information content (AvgIpc) is 4.07. The molecule has 4 aromatic carbocycles. The molecule has 0 spiro atoms. The molecule has 0 unspecified atom stereocenters. The molecule has 2 aliphatic heterocycles. The maximum absolute atomic E-state index is 12.0. The number of anilines is 4. The molecular weight excluding hydrogens is 1180 g/mol. The van der Waals surface area contributed by atoms with Gasteiger partial charge in [-0.15, -0.1) is 0 Å². The summed E-state index contributed by atoms with van der Waals surface area (Å²) < 4.78 is 110. The van der Waals surface area contributed by atoms with E-state index in [1.807, 2.05) is 108 Å². The van der Waals surface area contributed by atoms with Gasteiger partial charge in [-0.2, -0.15) is 25.3 Å². The number of halogens is 6. The second-order valence-corrected chi connectivity index (χ2v) is 25.3. The molecule has 0 fully saturated rings. The second-order valence-electron chi connectivity index (χ2n) is 18.1. The van der Waals surface area contributed by atoms with E-state index in [-0.39, 0.29) is 31.1 Å². The van der Waals surface area contributed by atoms with Crippen molar-refractivity contribution in [3.05, 3.63) is 138 Å². The Balaban J connectivity index is 1.15. The predicted octanol–water partition coefficient (Wildman–Crippen LogP) is 11.0. The normalized spacial score (nSPS) is 15.4. The van der Waals surface area contributed by atoms with E-state index in [1.54, 1.807) is 34.1 Å². The first-order valence-corrected chi connectivity index (χ1v) is 31.7. The molecule has 77 heavy (non-hydrogen) atoms. The molecule has 0 saturated heterocycles. The molecule has 2 aromatic heterocycles. The Morgan fingerprint density at radius 2 is 0.896 bits per heavy atom. The van der Waals surface area contributed by atoms with Gasteiger partial charge in [0.15, 0.2) is 22.1 Å². The third-order valence-corrected chi connectivity index (χ3v) is 17.7. The molecule has 412 valence electrons. The van der Waals surface area contributed by atoms with Crippen molar-refractivity contribution in [1.82, 2.24) is 9.13 Å². The van der Waals surface area contributed by atoms with Gasteiger partial charge in [0.2, 0.25) is 0 Å². The number of hydrogen-bond acceptors (Lipinski definition) is 10. The lowest BCUT2D eigenvalue weighted by atomic mass is 10.2. The van der Waals surface area contributed by atoms with Crippen LogP contribution in [-0.2, 0) is 56.5 Å². The van der Waals surface area contributed by atoms with Gasteiger partial charge in [0.05, 0.1) is 96.3 Å². The highest BCUT2D eigenvalue weighted by molar-refractivity contribution is 7.86. The first-order valence-electron chi connectivity index (χ1n) is 24.6. The number of allylic oxidation sites excluding steroid dienone is 4. The number of hydrogen-bond donors (Lipinski definition) is 3. The van der Waals surface area contributed by atoms with Crippen molar-refractivity contribution in [2.45, 2.75) is 66.2 Å². The number of aromatic nitrogens is 4. The van der Waals surface area contributed by atoms with Crippen molar-refractivity contribution in [1.29, 1.82) is 0 Å². The maximum atomic E-state index is 12.0. The van der Waals surface area contributed by atoms with Crippen LogP contribution in [0.25, 0.3) is 34.2 Å². The van der Waals surface area contributed by atoms with E-state index < -0.39 is 47.6 Å². The molecule has 0 atom stereocenters. The summed E-state index contributed by atoms with van der Waals surface area (Å²) >= 11 is 39.2. The fourth-order valence-electron chi connectivity index (χ4n) is 10.1. The van der Waals surface area contributed by atoms with Crippen molar-refractivity contribution in [3.63, 3.8) is 0 Å². The number of benzene rings is 4. The Morgan fingerprint density at radius 3 is 1.38 bits per heavy atom. The van der Waals surface area contributed by atoms with Gasteiger partial charge in [-0.25, -0.2) is 18.3 Å². The van der Waals surface area contributed by atoms with Crippen molar-refractivity contribution < 1.29 is 48.0 Å². The minimum atomic E-state index is -4.35. The summed E-state index contributed by atoms with van der Waals surface area (Å²) in [5.41, 5.74) is 6.10. The molecule has 0 amide bonds. The third-order valence-electron chi connectivity index (χ3n) is 13.3. The number of unbranched alkanes of at least 4 members (excludes halogenated alkanes) is 1. The van der Waals surface area contributed by atoms with Crippen LogP contribution in [0.2, 0.25) is 30.1 Å². The van der Waals surface area contributed by atoms with E-state index in [0.29, 0.717) is 99.4 Å². The minimum Gasteiger partial charge on any atom is -0.326 e. The SMILES string of the molecule is CCN1C(=CC=Cc2n(CC)c3cc(Cl)c(Cl)cc3[n+]2CCCCn2c(C=CC=C3N(CC)c4cc(Cl)c(Cl)cc4N3CCS(=O)(=O)O)[n+](CCCS(=O)(=O)O)c3ccccc32)N(CCS(=O)(=O)O)c2cc(Cl)c(Cl)cc21. The summed E-state index contributed by atoms with van der Waals surface area (Å²) in [5, 5.41) is 2.00. The van der Waals surface area contributed by atoms with Gasteiger partial charge >= 0.3 is 0 Å². The van der Waals surface area contributed by atoms with Crippen molar-refractivity contribution in [3.8, 4) is 0 Å². The summed E-state index contributed by atoms with van der Waals surface area (Å²) in [4.78, 5) is 7.49. The third kappa shape index (κ3) is 13.1. The van der Waals surface area contributed by atoms with Crippen molar-refractivity contribution in [2.24, 2.45) is 0 Å². The first-order chi connectivity index (χ1) is 36.4. The molecule has 0 bridgehead atoms. The zero-order valence-electron chi connectivity index (χ0n) is 42.0. The van der Waals surface area contributed by atoms with Crippen LogP contribution in [0.1, 0.15) is 51.7 Å². The summed E-state index contributed by atoms with van der Waals surface area (Å²) in [6.45, 7) is 8.63. The highest BCUT2D eigenvalue weighted by atomic mass is 35.5. The van der Waals surface area contributed by atoms with E-state index in [0.717, 1.165) is 39.4 Å². The largest absolute Gasteiger partial charge is 0.326 e. The lowest BCUT2D eigenvalue weighted by Gasteiger charge is -2.24. The van der Waals surface area contributed by atoms with Gasteiger partial charge in [-0.05, 0) is 82.2 Å². The Kier molecular flexibility index (Phi) is 18.3. The zero-order chi connectivity index (χ0) is 55.7. The summed E-state index contributed by atoms with van der Waals surface area (Å²) in [5.74, 6) is 1.28. The molecule has 17 nitrogen and oxygen atoms in total. The number of rotatable bonds is 22. The Labute approximate surface area is 478 Å². The van der Waals surface area contributed by atoms with E-state index in [4.69, 9.17) is 69.6 Å². The number of aryl methyl sites for hydroxylation is 4. The number of fused-ring (bicyclic) bond motifs is 4. The number of para-hydroxylation sites is 2. The van der Waals surface area contributed by atoms with Crippen LogP contribution in [0.15, 0.2) is 96.6 Å². The summed E-state index contributed by atoms with van der Waals surface area (Å²) in [7, 11) is -12.9. The van der Waals surface area contributed by atoms with Gasteiger partial charge in [0.25, 0.3) is 42.0 Å². The van der Waals surface area contributed by atoms with Gasteiger partial charge in [-0.3, -0.25) is 13.7 Å². The van der Waals surface area contributed by atoms with Crippen LogP contribution in [0.3, 0.4) is 0 Å². The molecular formula is C51H56Cl6N8O9S3+2. The fraction of sp³-hybridized carbons (Fsp3) is 0.333. The summed E-state index contributed by atoms with van der Waals surface area (Å²) in [6, 6.07) is 18.2. The minimum absolute atomic E-state index is 0.0569. The van der Waals surface area contributed by atoms with Gasteiger partial charge in [0, 0.05) is 56.9 Å². The predicted molar refractivity (Wildman–Crippen MR) is 311 cm³/mol. The Bertz CT molecular complexity index is 3750. The van der Waals surface area contributed by atoms with Gasteiger partial charge in [-0.1, -0.05) is 93.9 Å². The lowest BCUT2D eigenvalue weighted by Crippen LogP contribution is -2.38. The van der Waals surface area contributed by atoms with Crippen LogP contribution in [0.4, 0.5) is 22.7 Å². The van der Waals surface area contributed by atoms with Crippen LogP contribution < -0.4 is 28.7 Å². The van der Waals surface area contributed by atoms with E-state index >= 15 is 0 Å². The highest BCUT2D eigenvalue weighted by Crippen LogP contribution is 2.47. The van der Waals surface area contributed by atoms with Crippen molar-refractivity contribution in [2.75, 3.05) is 63.0 Å². The Morgan fingerprint density at radius 1 is 0.468 bits per heavy atom. The molecule has 8 rings (SSSR count). The highest BCUT2D eigenvalue weighted by Gasteiger charge is 2.34. The quantitative estimate of drug-likeness (QED) is 0.0331. The van der Waals surface area contributed by atoms with E-state index in [1.165, 1.54) is 0 Å². The molecule has 0 aliphatic carbocycles. The molecule has 26 heteroatoms. The van der Waals surface area contributed by atoms with Crippen LogP contribution >= 0.6 is 69.6 Å². The molecule has 0 saturated carbocycles. The van der Waals surface area contributed by atoms with Gasteiger partial charge < -0.3 is 19.6 Å². The zero-order valence-corrected chi connectivity index (χ0v) is 49.0. The molecule has 2 aliphatic rings. The van der Waals surface area contributed by atoms with Crippen LogP contribution in [-0.4, -0.2) is 91.5 Å². The smallest absolute Gasteiger partial charge is 0.282 e. The van der Waals surface area contributed by atoms with Crippen LogP contribution in [0, 0.1) is 0 Å². The number of imidazole rings is 2. The molecule has 0 radical (unpaired) electrons. The molecule has 6 aromatic rings. The lowest BCUT2D eigenvalue weighted by molar-refractivity contribution is -0.675. The van der Waals surface area contributed by atoms with Crippen molar-refractivity contribution >= 4 is 157 Å². The standard InChI is InChI=1S/C51H54Cl6N8O9S3/c1-4-58-42-28-34(52)37(55)31-45(42)63(48(58)16-11-17-49-59(5-2)43-29-35(53)38(56)32-46(43)64(49)23-26-76(69,70)71)21-10-9-20-61-40-14-7-8-15-41(40)62(22-13-25-75(66,67)68)51(61)19-12-18-50-60(6-3)44-30-36(54)39(57)33-47(44)65(50)24-27-77(72,73)74/h7-8,11-12,14-19,28-33H,4-6,9-10,13,20-27H2,1-3H3,(H-2,66,67,68,69,70,71,72,73,74)/p+2. The van der Waals surface area contributed by atoms with E-state index in [2.05, 4.69) is 13.7 Å².